The van der Waals surface area contributed by atoms with Crippen molar-refractivity contribution in [2.75, 3.05) is 0 Å². The molecule has 1 nitrogen and oxygen atoms in total. The van der Waals surface area contributed by atoms with Crippen molar-refractivity contribution in [2.24, 2.45) is 0 Å². The van der Waals surface area contributed by atoms with Gasteiger partial charge in [-0.05, 0) is 31.4 Å². The van der Waals surface area contributed by atoms with Crippen LogP contribution < -0.4 is 0 Å². The van der Waals surface area contributed by atoms with E-state index in [0.29, 0.717) is 0 Å². The van der Waals surface area contributed by atoms with E-state index in [2.05, 4.69) is 13.8 Å². The summed E-state index contributed by atoms with van der Waals surface area (Å²) in [5.41, 5.74) is 4.78. The lowest BCUT2D eigenvalue weighted by atomic mass is 10.1. The van der Waals surface area contributed by atoms with Crippen LogP contribution in [0, 0.1) is 6.92 Å². The average molecular weight is 174 g/mol. The van der Waals surface area contributed by atoms with E-state index in [1.807, 2.05) is 24.3 Å². The molecule has 68 valence electrons. The zero-order valence-electron chi connectivity index (χ0n) is 8.04. The van der Waals surface area contributed by atoms with Gasteiger partial charge in [0.15, 0.2) is 0 Å². The van der Waals surface area contributed by atoms with Gasteiger partial charge in [0.2, 0.25) is 0 Å². The van der Waals surface area contributed by atoms with Crippen LogP contribution in [0.3, 0.4) is 0 Å². The zero-order valence-corrected chi connectivity index (χ0v) is 8.04. The molecular weight excluding hydrogens is 160 g/mol. The molecule has 0 bridgehead atoms. The predicted molar refractivity (Wildman–Crippen MR) is 53.5 cm³/mol. The highest BCUT2D eigenvalue weighted by atomic mass is 16.3. The minimum Gasteiger partial charge on any atom is -0.384 e. The summed E-state index contributed by atoms with van der Waals surface area (Å²) < 4.78 is 0. The van der Waals surface area contributed by atoms with Crippen molar-refractivity contribution in [1.29, 1.82) is 0 Å². The van der Waals surface area contributed by atoms with Gasteiger partial charge in [-0.3, -0.25) is 0 Å². The molecule has 0 saturated carbocycles. The molecular formula is C12H14O. The van der Waals surface area contributed by atoms with Gasteiger partial charge >= 0.3 is 0 Å². The molecule has 1 unspecified atom stereocenters. The summed E-state index contributed by atoms with van der Waals surface area (Å²) >= 11 is 0. The van der Waals surface area contributed by atoms with Crippen molar-refractivity contribution in [3.05, 3.63) is 46.5 Å². The smallest absolute Gasteiger partial charge is 0.101 e. The summed E-state index contributed by atoms with van der Waals surface area (Å²) in [6.45, 7) is 4.13. The van der Waals surface area contributed by atoms with Crippen LogP contribution in [-0.2, 0) is 0 Å². The van der Waals surface area contributed by atoms with Gasteiger partial charge in [0.05, 0.1) is 0 Å². The van der Waals surface area contributed by atoms with Gasteiger partial charge in [-0.1, -0.05) is 35.4 Å². The van der Waals surface area contributed by atoms with E-state index < -0.39 is 0 Å². The molecule has 1 aliphatic carbocycles. The topological polar surface area (TPSA) is 20.2 Å². The second kappa shape index (κ2) is 3.00. The molecule has 0 spiro atoms. The van der Waals surface area contributed by atoms with Gasteiger partial charge in [0.1, 0.15) is 6.10 Å². The number of aliphatic hydroxyl groups is 1. The molecule has 0 heterocycles. The monoisotopic (exact) mass is 174 g/mol. The summed E-state index contributed by atoms with van der Waals surface area (Å²) in [4.78, 5) is 0. The van der Waals surface area contributed by atoms with E-state index in [1.165, 1.54) is 16.7 Å². The first-order chi connectivity index (χ1) is 6.18. The standard InChI is InChI=1S/C12H14O/c1-8-3-5-10(6-4-8)12(13)11-7-9(11)2/h3-6,12-13H,7H2,1-2H3. The van der Waals surface area contributed by atoms with E-state index in [1.54, 1.807) is 0 Å². The number of benzene rings is 1. The summed E-state index contributed by atoms with van der Waals surface area (Å²) in [5, 5.41) is 9.86. The van der Waals surface area contributed by atoms with Gasteiger partial charge in [-0.15, -0.1) is 0 Å². The quantitative estimate of drug-likeness (QED) is 0.683. The first-order valence-corrected chi connectivity index (χ1v) is 4.61. The average Bonchev–Trinajstić information content (AvgIpc) is 2.83. The van der Waals surface area contributed by atoms with Gasteiger partial charge in [-0.2, -0.15) is 0 Å². The normalized spacial score (nSPS) is 17.5. The minimum absolute atomic E-state index is 0.361. The minimum atomic E-state index is -0.361. The van der Waals surface area contributed by atoms with Gasteiger partial charge in [0.25, 0.3) is 0 Å². The van der Waals surface area contributed by atoms with E-state index in [4.69, 9.17) is 0 Å². The van der Waals surface area contributed by atoms with E-state index >= 15 is 0 Å². The zero-order chi connectivity index (χ0) is 9.42. The molecule has 0 radical (unpaired) electrons. The van der Waals surface area contributed by atoms with Crippen molar-refractivity contribution in [3.8, 4) is 0 Å². The van der Waals surface area contributed by atoms with Crippen LogP contribution in [0.15, 0.2) is 35.4 Å². The Morgan fingerprint density at radius 1 is 1.15 bits per heavy atom. The number of hydrogen-bond donors (Lipinski definition) is 1. The largest absolute Gasteiger partial charge is 0.384 e. The third-order valence-corrected chi connectivity index (χ3v) is 2.60. The maximum Gasteiger partial charge on any atom is 0.101 e. The number of aryl methyl sites for hydroxylation is 1. The number of hydrogen-bond acceptors (Lipinski definition) is 1. The Morgan fingerprint density at radius 3 is 2.15 bits per heavy atom. The highest BCUT2D eigenvalue weighted by Gasteiger charge is 2.25. The van der Waals surface area contributed by atoms with Crippen LogP contribution >= 0.6 is 0 Å². The Balaban J connectivity index is 2.21. The molecule has 1 N–H and O–H groups in total. The molecule has 0 aromatic heterocycles. The lowest BCUT2D eigenvalue weighted by molar-refractivity contribution is 0.220. The number of allylic oxidation sites excluding steroid dienone is 1. The molecule has 0 saturated heterocycles. The third kappa shape index (κ3) is 1.65. The summed E-state index contributed by atoms with van der Waals surface area (Å²) in [6.07, 6.45) is 0.648. The van der Waals surface area contributed by atoms with Crippen molar-refractivity contribution < 1.29 is 5.11 Å². The highest BCUT2D eigenvalue weighted by Crippen LogP contribution is 2.40. The van der Waals surface area contributed by atoms with E-state index in [-0.39, 0.29) is 6.10 Å². The second-order valence-corrected chi connectivity index (χ2v) is 3.80. The van der Waals surface area contributed by atoms with Crippen LogP contribution in [0.4, 0.5) is 0 Å². The molecule has 1 atom stereocenters. The Hall–Kier alpha value is -1.08. The Morgan fingerprint density at radius 2 is 1.69 bits per heavy atom. The summed E-state index contributed by atoms with van der Waals surface area (Å²) in [7, 11) is 0. The fourth-order valence-electron chi connectivity index (χ4n) is 1.52. The fourth-order valence-corrected chi connectivity index (χ4v) is 1.52. The molecule has 0 amide bonds. The maximum absolute atomic E-state index is 9.86. The molecule has 0 aliphatic heterocycles. The van der Waals surface area contributed by atoms with Crippen LogP contribution in [-0.4, -0.2) is 5.11 Å². The van der Waals surface area contributed by atoms with Crippen molar-refractivity contribution in [3.63, 3.8) is 0 Å². The van der Waals surface area contributed by atoms with Crippen molar-refractivity contribution >= 4 is 0 Å². The van der Waals surface area contributed by atoms with E-state index in [9.17, 15) is 5.11 Å². The third-order valence-electron chi connectivity index (χ3n) is 2.60. The Labute approximate surface area is 78.7 Å². The fraction of sp³-hybridized carbons (Fsp3) is 0.333. The lowest BCUT2D eigenvalue weighted by Gasteiger charge is -2.06. The van der Waals surface area contributed by atoms with Crippen LogP contribution in [0.2, 0.25) is 0 Å². The summed E-state index contributed by atoms with van der Waals surface area (Å²) in [6, 6.07) is 8.07. The number of rotatable bonds is 2. The first-order valence-electron chi connectivity index (χ1n) is 4.61. The van der Waals surface area contributed by atoms with Crippen molar-refractivity contribution in [1.82, 2.24) is 0 Å². The van der Waals surface area contributed by atoms with Crippen LogP contribution in [0.25, 0.3) is 0 Å². The van der Waals surface area contributed by atoms with Crippen LogP contribution in [0.5, 0.6) is 0 Å². The van der Waals surface area contributed by atoms with Gasteiger partial charge in [-0.25, -0.2) is 0 Å². The molecule has 1 aromatic rings. The van der Waals surface area contributed by atoms with Crippen LogP contribution in [0.1, 0.15) is 30.6 Å². The van der Waals surface area contributed by atoms with E-state index in [0.717, 1.165) is 12.0 Å². The predicted octanol–water partition coefficient (Wildman–Crippen LogP) is 2.75. The Bertz CT molecular complexity index is 346. The second-order valence-electron chi connectivity index (χ2n) is 3.80. The molecule has 1 aromatic carbocycles. The van der Waals surface area contributed by atoms with Gasteiger partial charge < -0.3 is 5.11 Å². The lowest BCUT2D eigenvalue weighted by Crippen LogP contribution is -1.94. The molecule has 1 aliphatic rings. The van der Waals surface area contributed by atoms with Gasteiger partial charge in [0, 0.05) is 0 Å². The molecule has 2 rings (SSSR count). The molecule has 1 heteroatoms. The Kier molecular flexibility index (Phi) is 1.97. The number of aliphatic hydroxyl groups excluding tert-OH is 1. The SMILES string of the molecule is CC1=C(C(O)c2ccc(C)cc2)C1. The summed E-state index contributed by atoms with van der Waals surface area (Å²) in [5.74, 6) is 0. The molecule has 0 fully saturated rings. The highest BCUT2D eigenvalue weighted by molar-refractivity contribution is 5.41. The van der Waals surface area contributed by atoms with Crippen molar-refractivity contribution in [2.45, 2.75) is 26.4 Å². The first kappa shape index (κ1) is 8.52. The molecule has 13 heavy (non-hydrogen) atoms. The maximum atomic E-state index is 9.86.